The van der Waals surface area contributed by atoms with E-state index in [9.17, 15) is 4.79 Å². The van der Waals surface area contributed by atoms with Crippen LogP contribution >= 0.6 is 0 Å². The minimum atomic E-state index is -0.228. The van der Waals surface area contributed by atoms with E-state index in [-0.39, 0.29) is 5.91 Å². The van der Waals surface area contributed by atoms with Gasteiger partial charge in [-0.05, 0) is 32.0 Å². The van der Waals surface area contributed by atoms with Gasteiger partial charge in [0.15, 0.2) is 0 Å². The van der Waals surface area contributed by atoms with Crippen molar-refractivity contribution >= 4 is 5.91 Å². The third-order valence-corrected chi connectivity index (χ3v) is 5.91. The number of aryl methyl sites for hydroxylation is 2. The van der Waals surface area contributed by atoms with E-state index in [2.05, 4.69) is 78.4 Å². The summed E-state index contributed by atoms with van der Waals surface area (Å²) in [6.07, 6.45) is 2.60. The smallest absolute Gasteiger partial charge is 0.218 e. The van der Waals surface area contributed by atoms with E-state index in [0.29, 0.717) is 6.42 Å². The van der Waals surface area contributed by atoms with Gasteiger partial charge in [-0.25, -0.2) is 4.68 Å². The number of hydrogen-bond acceptors (Lipinski definition) is 4. The number of piperazine rings is 1. The van der Waals surface area contributed by atoms with E-state index in [1.54, 1.807) is 0 Å². The van der Waals surface area contributed by atoms with Crippen molar-refractivity contribution in [2.75, 3.05) is 32.7 Å². The van der Waals surface area contributed by atoms with Crippen LogP contribution in [0.4, 0.5) is 0 Å². The van der Waals surface area contributed by atoms with Crippen LogP contribution in [0.25, 0.3) is 16.9 Å². The third-order valence-electron chi connectivity index (χ3n) is 5.91. The fourth-order valence-electron chi connectivity index (χ4n) is 4.07. The van der Waals surface area contributed by atoms with E-state index in [1.807, 2.05) is 4.68 Å². The molecule has 0 bridgehead atoms. The van der Waals surface area contributed by atoms with Gasteiger partial charge in [-0.2, -0.15) is 5.10 Å². The van der Waals surface area contributed by atoms with Gasteiger partial charge in [0, 0.05) is 63.0 Å². The molecule has 2 heterocycles. The molecule has 1 aliphatic heterocycles. The van der Waals surface area contributed by atoms with Crippen LogP contribution in [0, 0.1) is 13.8 Å². The molecule has 0 atom stereocenters. The Balaban J connectivity index is 1.54. The zero-order valence-corrected chi connectivity index (χ0v) is 18.4. The maximum Gasteiger partial charge on any atom is 0.218 e. The highest BCUT2D eigenvalue weighted by molar-refractivity contribution is 5.73. The van der Waals surface area contributed by atoms with Crippen molar-refractivity contribution in [3.8, 4) is 16.9 Å². The molecular weight excluding hydrogens is 386 g/mol. The van der Waals surface area contributed by atoms with Crippen LogP contribution < -0.4 is 5.73 Å². The molecule has 4 rings (SSSR count). The van der Waals surface area contributed by atoms with Gasteiger partial charge in [-0.15, -0.1) is 0 Å². The Hall–Kier alpha value is -2.96. The molecule has 1 saturated heterocycles. The molecule has 1 amide bonds. The molecule has 1 aliphatic rings. The van der Waals surface area contributed by atoms with E-state index in [4.69, 9.17) is 10.8 Å². The summed E-state index contributed by atoms with van der Waals surface area (Å²) in [5.41, 5.74) is 12.3. The number of nitrogens with two attached hydrogens (primary N) is 1. The Morgan fingerprint density at radius 2 is 1.68 bits per heavy atom. The SMILES string of the molecule is Cc1ccc(-n2cc(CN3CCN(CCC(N)=O)CC3)c(-c3cccc(C)c3)n2)cc1. The standard InChI is InChI=1S/C25H31N5O/c1-19-6-8-23(9-7-19)30-18-22(25(27-30)21-5-3-4-20(2)16-21)17-29-14-12-28(13-15-29)11-10-24(26)31/h3-9,16,18H,10-15,17H2,1-2H3,(H2,26,31). The summed E-state index contributed by atoms with van der Waals surface area (Å²) < 4.78 is 2.00. The zero-order chi connectivity index (χ0) is 21.8. The van der Waals surface area contributed by atoms with Crippen molar-refractivity contribution in [2.45, 2.75) is 26.8 Å². The minimum absolute atomic E-state index is 0.228. The number of benzene rings is 2. The van der Waals surface area contributed by atoms with Crippen molar-refractivity contribution in [2.24, 2.45) is 5.73 Å². The predicted octanol–water partition coefficient (Wildman–Crippen LogP) is 3.15. The topological polar surface area (TPSA) is 67.4 Å². The first-order chi connectivity index (χ1) is 15.0. The van der Waals surface area contributed by atoms with Gasteiger partial charge in [0.2, 0.25) is 5.91 Å². The van der Waals surface area contributed by atoms with Crippen LogP contribution in [-0.4, -0.2) is 58.2 Å². The molecule has 162 valence electrons. The van der Waals surface area contributed by atoms with Gasteiger partial charge < -0.3 is 10.6 Å². The van der Waals surface area contributed by atoms with E-state index in [0.717, 1.165) is 56.2 Å². The molecule has 2 N–H and O–H groups in total. The minimum Gasteiger partial charge on any atom is -0.370 e. The van der Waals surface area contributed by atoms with E-state index < -0.39 is 0 Å². The molecule has 6 heteroatoms. The van der Waals surface area contributed by atoms with Crippen LogP contribution in [0.1, 0.15) is 23.1 Å². The number of aromatic nitrogens is 2. The highest BCUT2D eigenvalue weighted by atomic mass is 16.1. The average molecular weight is 418 g/mol. The van der Waals surface area contributed by atoms with Crippen molar-refractivity contribution in [3.05, 3.63) is 71.4 Å². The lowest BCUT2D eigenvalue weighted by molar-refractivity contribution is -0.118. The monoisotopic (exact) mass is 417 g/mol. The molecule has 0 unspecified atom stereocenters. The molecular formula is C25H31N5O. The first-order valence-electron chi connectivity index (χ1n) is 10.9. The summed E-state index contributed by atoms with van der Waals surface area (Å²) in [4.78, 5) is 15.8. The molecule has 0 spiro atoms. The Labute approximate surface area is 184 Å². The van der Waals surface area contributed by atoms with Crippen LogP contribution in [0.2, 0.25) is 0 Å². The third kappa shape index (κ3) is 5.40. The molecule has 0 radical (unpaired) electrons. The molecule has 0 aliphatic carbocycles. The first kappa shape index (κ1) is 21.3. The summed E-state index contributed by atoms with van der Waals surface area (Å²) in [6.45, 7) is 9.69. The van der Waals surface area contributed by atoms with Crippen molar-refractivity contribution in [1.82, 2.24) is 19.6 Å². The molecule has 1 fully saturated rings. The van der Waals surface area contributed by atoms with Crippen LogP contribution in [0.5, 0.6) is 0 Å². The van der Waals surface area contributed by atoms with Crippen LogP contribution in [0.3, 0.4) is 0 Å². The lowest BCUT2D eigenvalue weighted by Crippen LogP contribution is -2.46. The summed E-state index contributed by atoms with van der Waals surface area (Å²) in [6, 6.07) is 17.0. The highest BCUT2D eigenvalue weighted by Crippen LogP contribution is 2.26. The summed E-state index contributed by atoms with van der Waals surface area (Å²) in [5.74, 6) is -0.228. The number of carbonyl (C=O) groups is 1. The average Bonchev–Trinajstić information content (AvgIpc) is 3.17. The first-order valence-corrected chi connectivity index (χ1v) is 10.9. The van der Waals surface area contributed by atoms with Crippen molar-refractivity contribution in [1.29, 1.82) is 0 Å². The van der Waals surface area contributed by atoms with Gasteiger partial charge in [0.25, 0.3) is 0 Å². The van der Waals surface area contributed by atoms with Gasteiger partial charge in [0.1, 0.15) is 0 Å². The van der Waals surface area contributed by atoms with Crippen molar-refractivity contribution in [3.63, 3.8) is 0 Å². The summed E-state index contributed by atoms with van der Waals surface area (Å²) in [5, 5.41) is 4.98. The normalized spacial score (nSPS) is 15.3. The molecule has 6 nitrogen and oxygen atoms in total. The van der Waals surface area contributed by atoms with Gasteiger partial charge in [-0.3, -0.25) is 9.69 Å². The number of hydrogen-bond donors (Lipinski definition) is 1. The maximum atomic E-state index is 11.1. The number of carbonyl (C=O) groups excluding carboxylic acids is 1. The maximum absolute atomic E-state index is 11.1. The predicted molar refractivity (Wildman–Crippen MR) is 124 cm³/mol. The van der Waals surface area contributed by atoms with Gasteiger partial charge in [0.05, 0.1) is 11.4 Å². The van der Waals surface area contributed by atoms with Crippen molar-refractivity contribution < 1.29 is 4.79 Å². The fraction of sp³-hybridized carbons (Fsp3) is 0.360. The van der Waals surface area contributed by atoms with Gasteiger partial charge >= 0.3 is 0 Å². The van der Waals surface area contributed by atoms with Crippen LogP contribution in [0.15, 0.2) is 54.7 Å². The molecule has 31 heavy (non-hydrogen) atoms. The second-order valence-electron chi connectivity index (χ2n) is 8.49. The number of amides is 1. The Morgan fingerprint density at radius 3 is 2.35 bits per heavy atom. The second-order valence-corrected chi connectivity index (χ2v) is 8.49. The Kier molecular flexibility index (Phi) is 6.49. The number of nitrogens with zero attached hydrogens (tertiary/aromatic N) is 4. The summed E-state index contributed by atoms with van der Waals surface area (Å²) in [7, 11) is 0. The molecule has 1 aromatic heterocycles. The van der Waals surface area contributed by atoms with E-state index >= 15 is 0 Å². The number of rotatable bonds is 7. The lowest BCUT2D eigenvalue weighted by atomic mass is 10.1. The molecule has 0 saturated carbocycles. The summed E-state index contributed by atoms with van der Waals surface area (Å²) >= 11 is 0. The highest BCUT2D eigenvalue weighted by Gasteiger charge is 2.20. The number of primary amides is 1. The second kappa shape index (κ2) is 9.45. The Bertz CT molecular complexity index is 1030. The largest absolute Gasteiger partial charge is 0.370 e. The van der Waals surface area contributed by atoms with Crippen LogP contribution in [-0.2, 0) is 11.3 Å². The molecule has 2 aromatic carbocycles. The Morgan fingerprint density at radius 1 is 0.968 bits per heavy atom. The lowest BCUT2D eigenvalue weighted by Gasteiger charge is -2.34. The zero-order valence-electron chi connectivity index (χ0n) is 18.4. The van der Waals surface area contributed by atoms with Gasteiger partial charge in [-0.1, -0.05) is 41.5 Å². The van der Waals surface area contributed by atoms with E-state index in [1.165, 1.54) is 16.7 Å². The fourth-order valence-corrected chi connectivity index (χ4v) is 4.07. The quantitative estimate of drug-likeness (QED) is 0.641. The molecule has 3 aromatic rings.